The minimum absolute atomic E-state index is 0.0531. The van der Waals surface area contributed by atoms with Crippen LogP contribution in [0.15, 0.2) is 6.20 Å². The van der Waals surface area contributed by atoms with E-state index in [2.05, 4.69) is 25.5 Å². The van der Waals surface area contributed by atoms with Crippen LogP contribution in [0, 0.1) is 5.92 Å². The van der Waals surface area contributed by atoms with Crippen LogP contribution in [0.1, 0.15) is 19.8 Å². The van der Waals surface area contributed by atoms with Gasteiger partial charge < -0.3 is 15.5 Å². The van der Waals surface area contributed by atoms with E-state index < -0.39 is 0 Å². The average Bonchev–Trinajstić information content (AvgIpc) is 2.83. The van der Waals surface area contributed by atoms with Crippen molar-refractivity contribution in [3.05, 3.63) is 11.2 Å². The molecular formula is C13H18ClN5O. The first-order chi connectivity index (χ1) is 9.70. The van der Waals surface area contributed by atoms with Gasteiger partial charge in [0, 0.05) is 19.6 Å². The Labute approximate surface area is 122 Å². The fourth-order valence-electron chi connectivity index (χ4n) is 3.02. The maximum atomic E-state index is 11.8. The van der Waals surface area contributed by atoms with Gasteiger partial charge in [-0.05, 0) is 19.8 Å². The molecule has 0 aliphatic carbocycles. The van der Waals surface area contributed by atoms with Gasteiger partial charge >= 0.3 is 0 Å². The highest BCUT2D eigenvalue weighted by Gasteiger charge is 2.41. The summed E-state index contributed by atoms with van der Waals surface area (Å²) in [4.78, 5) is 22.6. The van der Waals surface area contributed by atoms with E-state index in [1.807, 2.05) is 6.92 Å². The largest absolute Gasteiger partial charge is 0.354 e. The minimum atomic E-state index is 0.0531. The third-order valence-corrected chi connectivity index (χ3v) is 4.20. The first-order valence-electron chi connectivity index (χ1n) is 7.01. The van der Waals surface area contributed by atoms with E-state index >= 15 is 0 Å². The number of hydrogen-bond donors (Lipinski definition) is 2. The number of amides is 1. The number of carbonyl (C=O) groups excluding carboxylic acids is 1. The molecule has 6 nitrogen and oxygen atoms in total. The van der Waals surface area contributed by atoms with E-state index in [0.29, 0.717) is 17.5 Å². The SMILES string of the molecule is CCNc1ncc(Cl)c(N2CCCC3C(=O)NCC32)n1. The van der Waals surface area contributed by atoms with Crippen LogP contribution in [0.3, 0.4) is 0 Å². The van der Waals surface area contributed by atoms with Gasteiger partial charge in [0.05, 0.1) is 18.2 Å². The molecule has 1 aromatic heterocycles. The molecule has 108 valence electrons. The van der Waals surface area contributed by atoms with Crippen LogP contribution in [-0.4, -0.2) is 41.6 Å². The van der Waals surface area contributed by atoms with Crippen LogP contribution in [-0.2, 0) is 4.79 Å². The lowest BCUT2D eigenvalue weighted by Gasteiger charge is -2.37. The average molecular weight is 296 g/mol. The van der Waals surface area contributed by atoms with Gasteiger partial charge in [0.15, 0.2) is 5.82 Å². The third kappa shape index (κ3) is 2.28. The van der Waals surface area contributed by atoms with E-state index in [1.165, 1.54) is 0 Å². The molecule has 0 spiro atoms. The van der Waals surface area contributed by atoms with Crippen molar-refractivity contribution in [2.75, 3.05) is 29.9 Å². The van der Waals surface area contributed by atoms with Gasteiger partial charge in [-0.2, -0.15) is 4.98 Å². The minimum Gasteiger partial charge on any atom is -0.354 e. The second-order valence-electron chi connectivity index (χ2n) is 5.15. The molecular weight excluding hydrogens is 278 g/mol. The highest BCUT2D eigenvalue weighted by Crippen LogP contribution is 2.34. The van der Waals surface area contributed by atoms with E-state index in [9.17, 15) is 4.79 Å². The Hall–Kier alpha value is -1.56. The van der Waals surface area contributed by atoms with Crippen LogP contribution in [0.25, 0.3) is 0 Å². The van der Waals surface area contributed by atoms with E-state index in [-0.39, 0.29) is 17.9 Å². The molecule has 2 saturated heterocycles. The Morgan fingerprint density at radius 3 is 3.25 bits per heavy atom. The lowest BCUT2D eigenvalue weighted by atomic mass is 9.91. The molecule has 3 rings (SSSR count). The van der Waals surface area contributed by atoms with Crippen molar-refractivity contribution in [3.8, 4) is 0 Å². The molecule has 2 unspecified atom stereocenters. The lowest BCUT2D eigenvalue weighted by molar-refractivity contribution is -0.122. The zero-order chi connectivity index (χ0) is 14.1. The number of carbonyl (C=O) groups is 1. The molecule has 20 heavy (non-hydrogen) atoms. The summed E-state index contributed by atoms with van der Waals surface area (Å²) >= 11 is 6.26. The molecule has 2 aliphatic rings. The maximum absolute atomic E-state index is 11.8. The summed E-state index contributed by atoms with van der Waals surface area (Å²) in [6, 6.07) is 0.151. The van der Waals surface area contributed by atoms with Gasteiger partial charge in [-0.3, -0.25) is 4.79 Å². The molecule has 1 amide bonds. The molecule has 0 aromatic carbocycles. The zero-order valence-electron chi connectivity index (χ0n) is 11.4. The van der Waals surface area contributed by atoms with Gasteiger partial charge in [-0.15, -0.1) is 0 Å². The molecule has 2 aliphatic heterocycles. The van der Waals surface area contributed by atoms with Crippen molar-refractivity contribution >= 4 is 29.3 Å². The predicted octanol–water partition coefficient (Wildman–Crippen LogP) is 1.28. The number of aromatic nitrogens is 2. The number of hydrogen-bond acceptors (Lipinski definition) is 5. The van der Waals surface area contributed by atoms with Crippen LogP contribution < -0.4 is 15.5 Å². The van der Waals surface area contributed by atoms with E-state index in [4.69, 9.17) is 11.6 Å². The molecule has 1 aromatic rings. The van der Waals surface area contributed by atoms with Crippen molar-refractivity contribution in [2.45, 2.75) is 25.8 Å². The molecule has 2 fully saturated rings. The van der Waals surface area contributed by atoms with Crippen molar-refractivity contribution in [3.63, 3.8) is 0 Å². The Morgan fingerprint density at radius 2 is 2.45 bits per heavy atom. The zero-order valence-corrected chi connectivity index (χ0v) is 12.2. The molecule has 3 heterocycles. The quantitative estimate of drug-likeness (QED) is 0.879. The predicted molar refractivity (Wildman–Crippen MR) is 78.1 cm³/mol. The normalized spacial score (nSPS) is 25.3. The Kier molecular flexibility index (Phi) is 3.65. The molecule has 2 atom stereocenters. The Morgan fingerprint density at radius 1 is 1.60 bits per heavy atom. The molecule has 2 N–H and O–H groups in total. The number of halogens is 1. The standard InChI is InChI=1S/C13H18ClN5O/c1-2-15-13-17-6-9(14)11(18-13)19-5-3-4-8-10(19)7-16-12(8)20/h6,8,10H,2-5,7H2,1H3,(H,16,20)(H,15,17,18). The molecule has 7 heteroatoms. The molecule has 0 saturated carbocycles. The van der Waals surface area contributed by atoms with Crippen molar-refractivity contribution in [1.29, 1.82) is 0 Å². The summed E-state index contributed by atoms with van der Waals surface area (Å²) in [6.07, 6.45) is 3.54. The van der Waals surface area contributed by atoms with E-state index in [0.717, 1.165) is 31.7 Å². The van der Waals surface area contributed by atoms with Gasteiger partial charge in [0.2, 0.25) is 11.9 Å². The Bertz CT molecular complexity index is 523. The number of nitrogens with zero attached hydrogens (tertiary/aromatic N) is 3. The van der Waals surface area contributed by atoms with Crippen LogP contribution >= 0.6 is 11.6 Å². The number of anilines is 2. The monoisotopic (exact) mass is 295 g/mol. The second-order valence-corrected chi connectivity index (χ2v) is 5.56. The first kappa shape index (κ1) is 13.4. The summed E-state index contributed by atoms with van der Waals surface area (Å²) in [5.41, 5.74) is 0. The fourth-order valence-corrected chi connectivity index (χ4v) is 3.22. The van der Waals surface area contributed by atoms with Crippen LogP contribution in [0.5, 0.6) is 0 Å². The summed E-state index contributed by atoms with van der Waals surface area (Å²) in [5, 5.41) is 6.56. The second kappa shape index (κ2) is 5.44. The summed E-state index contributed by atoms with van der Waals surface area (Å²) in [7, 11) is 0. The number of nitrogens with one attached hydrogen (secondary N) is 2. The number of rotatable bonds is 3. The van der Waals surface area contributed by atoms with Gasteiger partial charge in [-0.25, -0.2) is 4.98 Å². The van der Waals surface area contributed by atoms with Gasteiger partial charge in [0.25, 0.3) is 0 Å². The summed E-state index contributed by atoms with van der Waals surface area (Å²) in [5.74, 6) is 1.50. The van der Waals surface area contributed by atoms with E-state index in [1.54, 1.807) is 6.20 Å². The highest BCUT2D eigenvalue weighted by molar-refractivity contribution is 6.32. The summed E-state index contributed by atoms with van der Waals surface area (Å²) < 4.78 is 0. The van der Waals surface area contributed by atoms with Crippen LogP contribution in [0.4, 0.5) is 11.8 Å². The fraction of sp³-hybridized carbons (Fsp3) is 0.615. The van der Waals surface area contributed by atoms with Crippen molar-refractivity contribution < 1.29 is 4.79 Å². The number of fused-ring (bicyclic) bond motifs is 1. The lowest BCUT2D eigenvalue weighted by Crippen LogP contribution is -2.46. The molecule has 0 radical (unpaired) electrons. The van der Waals surface area contributed by atoms with Gasteiger partial charge in [0.1, 0.15) is 5.02 Å². The third-order valence-electron chi connectivity index (χ3n) is 3.93. The van der Waals surface area contributed by atoms with Crippen molar-refractivity contribution in [1.82, 2.24) is 15.3 Å². The first-order valence-corrected chi connectivity index (χ1v) is 7.39. The summed E-state index contributed by atoms with van der Waals surface area (Å²) in [6.45, 7) is 4.29. The smallest absolute Gasteiger partial charge is 0.225 e. The number of piperidine rings is 1. The maximum Gasteiger partial charge on any atom is 0.225 e. The highest BCUT2D eigenvalue weighted by atomic mass is 35.5. The molecule has 0 bridgehead atoms. The van der Waals surface area contributed by atoms with Crippen LogP contribution in [0.2, 0.25) is 5.02 Å². The van der Waals surface area contributed by atoms with Crippen molar-refractivity contribution in [2.24, 2.45) is 5.92 Å². The Balaban J connectivity index is 1.91. The topological polar surface area (TPSA) is 70.2 Å². The van der Waals surface area contributed by atoms with Gasteiger partial charge in [-0.1, -0.05) is 11.6 Å².